The highest BCUT2D eigenvalue weighted by molar-refractivity contribution is 6.03. The van der Waals surface area contributed by atoms with Crippen LogP contribution in [0, 0.1) is 6.92 Å². The van der Waals surface area contributed by atoms with E-state index < -0.39 is 0 Å². The molecule has 2 atom stereocenters. The molecule has 2 heterocycles. The molecule has 5 nitrogen and oxygen atoms in total. The number of aliphatic imine (C=N–C) groups is 1. The molecule has 0 spiro atoms. The van der Waals surface area contributed by atoms with Gasteiger partial charge in [-0.15, -0.1) is 0 Å². The van der Waals surface area contributed by atoms with Gasteiger partial charge in [0.1, 0.15) is 11.5 Å². The Kier molecular flexibility index (Phi) is 2.17. The average molecular weight is 207 g/mol. The van der Waals surface area contributed by atoms with Crippen molar-refractivity contribution in [3.8, 4) is 0 Å². The van der Waals surface area contributed by atoms with Gasteiger partial charge in [0.2, 0.25) is 0 Å². The maximum absolute atomic E-state index is 5.97. The van der Waals surface area contributed by atoms with E-state index in [-0.39, 0.29) is 6.04 Å². The van der Waals surface area contributed by atoms with Crippen molar-refractivity contribution in [1.29, 1.82) is 0 Å². The lowest BCUT2D eigenvalue weighted by Gasteiger charge is -2.08. The van der Waals surface area contributed by atoms with Gasteiger partial charge in [0, 0.05) is 13.1 Å². The van der Waals surface area contributed by atoms with Crippen molar-refractivity contribution >= 4 is 11.5 Å². The normalized spacial score (nSPS) is 25.2. The second kappa shape index (κ2) is 3.25. The number of nitrogens with two attached hydrogens (primary N) is 1. The molecular formula is C10H17N5. The first-order valence-corrected chi connectivity index (χ1v) is 5.14. The maximum Gasteiger partial charge on any atom is 0.149 e. The molecule has 0 bridgehead atoms. The number of hydrogen-bond acceptors (Lipinski definition) is 4. The highest BCUT2D eigenvalue weighted by Gasteiger charge is 2.25. The van der Waals surface area contributed by atoms with E-state index in [2.05, 4.69) is 29.3 Å². The Balaban J connectivity index is 2.43. The lowest BCUT2D eigenvalue weighted by atomic mass is 10.2. The first kappa shape index (κ1) is 10.0. The topological polar surface area (TPSA) is 68.2 Å². The van der Waals surface area contributed by atoms with Gasteiger partial charge < -0.3 is 11.1 Å². The van der Waals surface area contributed by atoms with Gasteiger partial charge >= 0.3 is 0 Å². The Labute approximate surface area is 89.4 Å². The smallest absolute Gasteiger partial charge is 0.149 e. The van der Waals surface area contributed by atoms with Gasteiger partial charge in [0.05, 0.1) is 17.4 Å². The summed E-state index contributed by atoms with van der Waals surface area (Å²) in [5.74, 6) is 0.857. The molecule has 0 amide bonds. The Morgan fingerprint density at radius 2 is 2.07 bits per heavy atom. The summed E-state index contributed by atoms with van der Waals surface area (Å²) in [7, 11) is 1.89. The molecule has 5 heteroatoms. The van der Waals surface area contributed by atoms with Crippen LogP contribution < -0.4 is 11.1 Å². The third-order valence-electron chi connectivity index (χ3n) is 2.91. The van der Waals surface area contributed by atoms with E-state index in [1.165, 1.54) is 0 Å². The first-order valence-electron chi connectivity index (χ1n) is 5.14. The van der Waals surface area contributed by atoms with Crippen molar-refractivity contribution in [1.82, 2.24) is 15.1 Å². The van der Waals surface area contributed by atoms with Crippen molar-refractivity contribution in [2.45, 2.75) is 32.9 Å². The van der Waals surface area contributed by atoms with Gasteiger partial charge in [-0.05, 0) is 20.8 Å². The van der Waals surface area contributed by atoms with Crippen LogP contribution in [0.1, 0.15) is 25.2 Å². The summed E-state index contributed by atoms with van der Waals surface area (Å²) in [6.07, 6.45) is 0. The van der Waals surface area contributed by atoms with Crippen LogP contribution in [-0.4, -0.2) is 27.7 Å². The molecule has 1 aromatic rings. The largest absolute Gasteiger partial charge is 0.395 e. The van der Waals surface area contributed by atoms with Crippen molar-refractivity contribution in [2.75, 3.05) is 5.73 Å². The molecule has 0 aliphatic carbocycles. The molecule has 3 N–H and O–H groups in total. The zero-order valence-electron chi connectivity index (χ0n) is 9.57. The van der Waals surface area contributed by atoms with Crippen LogP contribution in [0.25, 0.3) is 0 Å². The zero-order valence-corrected chi connectivity index (χ0v) is 9.57. The van der Waals surface area contributed by atoms with Crippen molar-refractivity contribution in [3.05, 3.63) is 11.4 Å². The molecule has 2 rings (SSSR count). The van der Waals surface area contributed by atoms with E-state index in [1.807, 2.05) is 14.0 Å². The molecule has 0 saturated heterocycles. The SMILES string of the molecule is Cc1nn(C)c(C2=NC(C)C(C)N2)c1N. The van der Waals surface area contributed by atoms with Crippen LogP contribution in [-0.2, 0) is 7.05 Å². The van der Waals surface area contributed by atoms with Crippen LogP contribution in [0.3, 0.4) is 0 Å². The van der Waals surface area contributed by atoms with Crippen molar-refractivity contribution < 1.29 is 0 Å². The Morgan fingerprint density at radius 3 is 2.47 bits per heavy atom. The number of hydrogen-bond donors (Lipinski definition) is 2. The number of amidine groups is 1. The van der Waals surface area contributed by atoms with Gasteiger partial charge in [-0.3, -0.25) is 9.67 Å². The van der Waals surface area contributed by atoms with Gasteiger partial charge in [-0.1, -0.05) is 0 Å². The molecule has 15 heavy (non-hydrogen) atoms. The van der Waals surface area contributed by atoms with E-state index in [1.54, 1.807) is 4.68 Å². The minimum Gasteiger partial charge on any atom is -0.395 e. The lowest BCUT2D eigenvalue weighted by molar-refractivity contribution is 0.600. The molecule has 1 aromatic heterocycles. The molecule has 2 unspecified atom stereocenters. The first-order chi connectivity index (χ1) is 7.00. The Morgan fingerprint density at radius 1 is 1.40 bits per heavy atom. The fourth-order valence-corrected chi connectivity index (χ4v) is 1.77. The molecule has 0 fully saturated rings. The van der Waals surface area contributed by atoms with Gasteiger partial charge in [0.25, 0.3) is 0 Å². The van der Waals surface area contributed by atoms with E-state index in [4.69, 9.17) is 5.73 Å². The summed E-state index contributed by atoms with van der Waals surface area (Å²) in [5.41, 5.74) is 8.43. The fraction of sp³-hybridized carbons (Fsp3) is 0.600. The van der Waals surface area contributed by atoms with Gasteiger partial charge in [-0.25, -0.2) is 0 Å². The van der Waals surface area contributed by atoms with E-state index in [0.717, 1.165) is 17.2 Å². The van der Waals surface area contributed by atoms with Crippen molar-refractivity contribution in [3.63, 3.8) is 0 Å². The second-order valence-corrected chi connectivity index (χ2v) is 4.12. The van der Waals surface area contributed by atoms with Crippen LogP contribution in [0.2, 0.25) is 0 Å². The van der Waals surface area contributed by atoms with Gasteiger partial charge in [0.15, 0.2) is 0 Å². The number of nitrogen functional groups attached to an aromatic ring is 1. The third-order valence-corrected chi connectivity index (χ3v) is 2.91. The highest BCUT2D eigenvalue weighted by atomic mass is 15.3. The zero-order chi connectivity index (χ0) is 11.2. The van der Waals surface area contributed by atoms with E-state index in [9.17, 15) is 0 Å². The summed E-state index contributed by atoms with van der Waals surface area (Å²) in [6.45, 7) is 6.10. The molecular weight excluding hydrogens is 190 g/mol. The van der Waals surface area contributed by atoms with E-state index in [0.29, 0.717) is 11.7 Å². The van der Waals surface area contributed by atoms with Crippen LogP contribution >= 0.6 is 0 Å². The number of aryl methyl sites for hydroxylation is 2. The number of anilines is 1. The van der Waals surface area contributed by atoms with Crippen LogP contribution in [0.5, 0.6) is 0 Å². The van der Waals surface area contributed by atoms with Crippen LogP contribution in [0.4, 0.5) is 5.69 Å². The standard InChI is InChI=1S/C10H17N5/c1-5-6(2)13-10(12-5)9-8(11)7(3)14-15(9)4/h5-6H,11H2,1-4H3,(H,12,13). The summed E-state index contributed by atoms with van der Waals surface area (Å²) < 4.78 is 1.78. The predicted molar refractivity (Wildman–Crippen MR) is 61.0 cm³/mol. The Bertz CT molecular complexity index is 418. The van der Waals surface area contributed by atoms with E-state index >= 15 is 0 Å². The Hall–Kier alpha value is -1.52. The quantitative estimate of drug-likeness (QED) is 0.702. The number of rotatable bonds is 1. The second-order valence-electron chi connectivity index (χ2n) is 4.12. The summed E-state index contributed by atoms with van der Waals surface area (Å²) >= 11 is 0. The molecule has 0 saturated carbocycles. The summed E-state index contributed by atoms with van der Waals surface area (Å²) in [6, 6.07) is 0.643. The summed E-state index contributed by atoms with van der Waals surface area (Å²) in [5, 5.41) is 7.60. The highest BCUT2D eigenvalue weighted by Crippen LogP contribution is 2.19. The molecule has 0 aromatic carbocycles. The molecule has 0 radical (unpaired) electrons. The molecule has 1 aliphatic heterocycles. The minimum absolute atomic E-state index is 0.287. The number of nitrogens with zero attached hydrogens (tertiary/aromatic N) is 3. The van der Waals surface area contributed by atoms with Gasteiger partial charge in [-0.2, -0.15) is 5.10 Å². The molecule has 1 aliphatic rings. The average Bonchev–Trinajstić information content (AvgIpc) is 2.57. The summed E-state index contributed by atoms with van der Waals surface area (Å²) in [4.78, 5) is 4.54. The third kappa shape index (κ3) is 1.48. The number of aromatic nitrogens is 2. The van der Waals surface area contributed by atoms with Crippen molar-refractivity contribution in [2.24, 2.45) is 12.0 Å². The number of nitrogens with one attached hydrogen (secondary N) is 1. The monoisotopic (exact) mass is 207 g/mol. The fourth-order valence-electron chi connectivity index (χ4n) is 1.77. The van der Waals surface area contributed by atoms with Crippen LogP contribution in [0.15, 0.2) is 4.99 Å². The maximum atomic E-state index is 5.97. The predicted octanol–water partition coefficient (Wildman–Crippen LogP) is 0.438. The lowest BCUT2D eigenvalue weighted by Crippen LogP contribution is -2.32. The minimum atomic E-state index is 0.287. The molecule has 82 valence electrons.